The summed E-state index contributed by atoms with van der Waals surface area (Å²) >= 11 is 4.88. The highest BCUT2D eigenvalue weighted by Crippen LogP contribution is 2.25. The molecule has 0 aliphatic heterocycles. The molecule has 0 unspecified atom stereocenters. The topological polar surface area (TPSA) is 66.4 Å². The number of rotatable bonds is 5. The molecular formula is C15H18BrNO3S. The smallest absolute Gasteiger partial charge is 0.306 e. The molecule has 0 radical (unpaired) electrons. The van der Waals surface area contributed by atoms with Crippen LogP contribution >= 0.6 is 27.7 Å². The van der Waals surface area contributed by atoms with Crippen molar-refractivity contribution < 1.29 is 14.7 Å². The molecular weight excluding hydrogens is 354 g/mol. The quantitative estimate of drug-likeness (QED) is 0.779. The zero-order valence-electron chi connectivity index (χ0n) is 11.5. The lowest BCUT2D eigenvalue weighted by molar-refractivity contribution is -0.142. The van der Waals surface area contributed by atoms with Crippen LogP contribution in [0.3, 0.4) is 0 Å². The van der Waals surface area contributed by atoms with Crippen LogP contribution in [0, 0.1) is 5.92 Å². The highest BCUT2D eigenvalue weighted by molar-refractivity contribution is 9.10. The van der Waals surface area contributed by atoms with E-state index in [9.17, 15) is 9.59 Å². The molecule has 0 aromatic heterocycles. The van der Waals surface area contributed by atoms with Gasteiger partial charge < -0.3 is 10.4 Å². The summed E-state index contributed by atoms with van der Waals surface area (Å²) in [5.41, 5.74) is 0. The fourth-order valence-corrected chi connectivity index (χ4v) is 3.41. The fraction of sp³-hybridized carbons (Fsp3) is 0.467. The summed E-state index contributed by atoms with van der Waals surface area (Å²) < 4.78 is 1.02. The van der Waals surface area contributed by atoms with Crippen LogP contribution in [-0.2, 0) is 9.59 Å². The van der Waals surface area contributed by atoms with Gasteiger partial charge in [0.05, 0.1) is 11.7 Å². The Morgan fingerprint density at radius 1 is 1.19 bits per heavy atom. The predicted octanol–water partition coefficient (Wildman–Crippen LogP) is 3.30. The Kier molecular flexibility index (Phi) is 6.11. The van der Waals surface area contributed by atoms with Crippen molar-refractivity contribution in [1.29, 1.82) is 0 Å². The van der Waals surface area contributed by atoms with E-state index in [2.05, 4.69) is 21.2 Å². The lowest BCUT2D eigenvalue weighted by atomic mass is 9.86. The third-order valence-corrected chi connectivity index (χ3v) is 5.17. The first kappa shape index (κ1) is 16.4. The molecule has 114 valence electrons. The van der Waals surface area contributed by atoms with Gasteiger partial charge in [-0.1, -0.05) is 15.9 Å². The van der Waals surface area contributed by atoms with Gasteiger partial charge in [0.25, 0.3) is 0 Å². The molecule has 1 amide bonds. The van der Waals surface area contributed by atoms with E-state index in [4.69, 9.17) is 5.11 Å². The van der Waals surface area contributed by atoms with Crippen molar-refractivity contribution in [2.75, 3.05) is 5.75 Å². The van der Waals surface area contributed by atoms with Crippen LogP contribution in [0.1, 0.15) is 25.7 Å². The number of amides is 1. The van der Waals surface area contributed by atoms with Crippen LogP contribution in [0.4, 0.5) is 0 Å². The summed E-state index contributed by atoms with van der Waals surface area (Å²) in [6.07, 6.45) is 2.82. The summed E-state index contributed by atoms with van der Waals surface area (Å²) in [6, 6.07) is 7.97. The molecule has 1 fully saturated rings. The Labute approximate surface area is 136 Å². The van der Waals surface area contributed by atoms with E-state index in [1.807, 2.05) is 24.3 Å². The Hall–Kier alpha value is -1.01. The minimum absolute atomic E-state index is 0.0155. The lowest BCUT2D eigenvalue weighted by Crippen LogP contribution is -2.39. The number of halogens is 1. The number of thioether (sulfide) groups is 1. The summed E-state index contributed by atoms with van der Waals surface area (Å²) in [7, 11) is 0. The molecule has 1 aliphatic carbocycles. The molecule has 2 rings (SSSR count). The van der Waals surface area contributed by atoms with Crippen molar-refractivity contribution in [2.24, 2.45) is 5.92 Å². The molecule has 0 atom stereocenters. The van der Waals surface area contributed by atoms with Gasteiger partial charge in [-0.15, -0.1) is 11.8 Å². The standard InChI is InChI=1S/C15H18BrNO3S/c16-11-3-7-13(8-4-11)21-9-14(18)17-12-5-1-10(2-6-12)15(19)20/h3-4,7-8,10,12H,1-2,5-6,9H2,(H,17,18)(H,19,20). The number of hydrogen-bond acceptors (Lipinski definition) is 3. The van der Waals surface area contributed by atoms with Gasteiger partial charge in [0, 0.05) is 15.4 Å². The third kappa shape index (κ3) is 5.36. The number of aliphatic carboxylic acids is 1. The summed E-state index contributed by atoms with van der Waals surface area (Å²) in [6.45, 7) is 0. The lowest BCUT2D eigenvalue weighted by Gasteiger charge is -2.26. The number of carboxylic acid groups (broad SMARTS) is 1. The largest absolute Gasteiger partial charge is 0.481 e. The van der Waals surface area contributed by atoms with Gasteiger partial charge in [-0.05, 0) is 49.9 Å². The van der Waals surface area contributed by atoms with Gasteiger partial charge in [0.2, 0.25) is 5.91 Å². The Bertz CT molecular complexity index is 498. The molecule has 21 heavy (non-hydrogen) atoms. The molecule has 0 saturated heterocycles. The molecule has 4 nitrogen and oxygen atoms in total. The molecule has 0 spiro atoms. The minimum atomic E-state index is -0.717. The second-order valence-corrected chi connectivity index (χ2v) is 7.16. The highest BCUT2D eigenvalue weighted by Gasteiger charge is 2.26. The number of carboxylic acids is 1. The third-order valence-electron chi connectivity index (χ3n) is 3.63. The zero-order chi connectivity index (χ0) is 15.2. The maximum absolute atomic E-state index is 11.9. The summed E-state index contributed by atoms with van der Waals surface area (Å²) in [5, 5.41) is 11.9. The maximum atomic E-state index is 11.9. The van der Waals surface area contributed by atoms with Crippen molar-refractivity contribution in [2.45, 2.75) is 36.6 Å². The Balaban J connectivity index is 1.70. The van der Waals surface area contributed by atoms with Crippen LogP contribution in [-0.4, -0.2) is 28.8 Å². The van der Waals surface area contributed by atoms with E-state index in [1.54, 1.807) is 0 Å². The number of benzene rings is 1. The minimum Gasteiger partial charge on any atom is -0.481 e. The number of carbonyl (C=O) groups is 2. The summed E-state index contributed by atoms with van der Waals surface area (Å²) in [5.74, 6) is -0.553. The monoisotopic (exact) mass is 371 g/mol. The maximum Gasteiger partial charge on any atom is 0.306 e. The Morgan fingerprint density at radius 2 is 1.81 bits per heavy atom. The van der Waals surface area contributed by atoms with Crippen LogP contribution in [0.2, 0.25) is 0 Å². The Morgan fingerprint density at radius 3 is 2.38 bits per heavy atom. The molecule has 6 heteroatoms. The van der Waals surface area contributed by atoms with Gasteiger partial charge >= 0.3 is 5.97 Å². The van der Waals surface area contributed by atoms with Gasteiger partial charge in [-0.25, -0.2) is 0 Å². The van der Waals surface area contributed by atoms with Crippen LogP contribution < -0.4 is 5.32 Å². The van der Waals surface area contributed by atoms with Gasteiger partial charge in [-0.3, -0.25) is 9.59 Å². The van der Waals surface area contributed by atoms with Crippen LogP contribution in [0.15, 0.2) is 33.6 Å². The van der Waals surface area contributed by atoms with Crippen molar-refractivity contribution in [3.63, 3.8) is 0 Å². The SMILES string of the molecule is O=C(CSc1ccc(Br)cc1)NC1CCC(C(=O)O)CC1. The van der Waals surface area contributed by atoms with E-state index in [0.717, 1.165) is 22.2 Å². The molecule has 1 aliphatic rings. The average molecular weight is 372 g/mol. The van der Waals surface area contributed by atoms with E-state index in [0.29, 0.717) is 18.6 Å². The fourth-order valence-electron chi connectivity index (χ4n) is 2.43. The van der Waals surface area contributed by atoms with Gasteiger partial charge in [-0.2, -0.15) is 0 Å². The van der Waals surface area contributed by atoms with E-state index in [-0.39, 0.29) is 17.9 Å². The van der Waals surface area contributed by atoms with Crippen molar-refractivity contribution in [3.8, 4) is 0 Å². The number of nitrogens with one attached hydrogen (secondary N) is 1. The van der Waals surface area contributed by atoms with Crippen LogP contribution in [0.25, 0.3) is 0 Å². The first-order chi connectivity index (χ1) is 10.0. The van der Waals surface area contributed by atoms with E-state index in [1.165, 1.54) is 11.8 Å². The van der Waals surface area contributed by atoms with Crippen molar-refractivity contribution in [3.05, 3.63) is 28.7 Å². The number of hydrogen-bond donors (Lipinski definition) is 2. The predicted molar refractivity (Wildman–Crippen MR) is 86.4 cm³/mol. The van der Waals surface area contributed by atoms with Crippen molar-refractivity contribution >= 4 is 39.6 Å². The van der Waals surface area contributed by atoms with Crippen LogP contribution in [0.5, 0.6) is 0 Å². The van der Waals surface area contributed by atoms with Gasteiger partial charge in [0.15, 0.2) is 0 Å². The number of carbonyl (C=O) groups excluding carboxylic acids is 1. The van der Waals surface area contributed by atoms with Gasteiger partial charge in [0.1, 0.15) is 0 Å². The highest BCUT2D eigenvalue weighted by atomic mass is 79.9. The first-order valence-corrected chi connectivity index (χ1v) is 8.73. The zero-order valence-corrected chi connectivity index (χ0v) is 14.0. The van der Waals surface area contributed by atoms with E-state index < -0.39 is 5.97 Å². The van der Waals surface area contributed by atoms with Crippen molar-refractivity contribution in [1.82, 2.24) is 5.32 Å². The molecule has 2 N–H and O–H groups in total. The normalized spacial score (nSPS) is 21.8. The molecule has 1 aromatic carbocycles. The molecule has 0 heterocycles. The second-order valence-electron chi connectivity index (χ2n) is 5.20. The molecule has 1 saturated carbocycles. The second kappa shape index (κ2) is 7.84. The summed E-state index contributed by atoms with van der Waals surface area (Å²) in [4.78, 5) is 23.8. The molecule has 1 aromatic rings. The first-order valence-electron chi connectivity index (χ1n) is 6.95. The van der Waals surface area contributed by atoms with E-state index >= 15 is 0 Å². The molecule has 0 bridgehead atoms. The average Bonchev–Trinajstić information content (AvgIpc) is 2.47.